The number of carbonyl (C=O) groups is 1. The largest absolute Gasteiger partial charge is 0.399 e. The van der Waals surface area contributed by atoms with E-state index in [1.54, 1.807) is 7.11 Å². The van der Waals surface area contributed by atoms with Crippen molar-refractivity contribution in [3.8, 4) is 0 Å². The summed E-state index contributed by atoms with van der Waals surface area (Å²) >= 11 is 0. The summed E-state index contributed by atoms with van der Waals surface area (Å²) in [6.07, 6.45) is 0.415. The lowest BCUT2D eigenvalue weighted by Gasteiger charge is -2.25. The number of rotatable bonds is 4. The molecule has 0 spiro atoms. The van der Waals surface area contributed by atoms with Gasteiger partial charge in [-0.1, -0.05) is 0 Å². The Morgan fingerprint density at radius 1 is 1.35 bits per heavy atom. The van der Waals surface area contributed by atoms with Crippen molar-refractivity contribution >= 4 is 21.6 Å². The summed E-state index contributed by atoms with van der Waals surface area (Å²) in [5.74, 6) is -0.529. The predicted molar refractivity (Wildman–Crippen MR) is 74.8 cm³/mol. The molecule has 110 valence electrons. The Morgan fingerprint density at radius 2 is 2.00 bits per heavy atom. The van der Waals surface area contributed by atoms with Gasteiger partial charge in [0.05, 0.1) is 11.2 Å². The van der Waals surface area contributed by atoms with E-state index < -0.39 is 21.5 Å². The van der Waals surface area contributed by atoms with Gasteiger partial charge in [0.2, 0.25) is 0 Å². The number of fused-ring (bicyclic) bond motifs is 1. The van der Waals surface area contributed by atoms with Crippen LogP contribution in [0.5, 0.6) is 0 Å². The average molecular weight is 298 g/mol. The maximum absolute atomic E-state index is 12.3. The van der Waals surface area contributed by atoms with Crippen LogP contribution in [0.2, 0.25) is 0 Å². The number of ether oxygens (including phenoxy) is 1. The van der Waals surface area contributed by atoms with Crippen molar-refractivity contribution in [1.82, 2.24) is 4.31 Å². The van der Waals surface area contributed by atoms with Crippen molar-refractivity contribution in [3.05, 3.63) is 23.8 Å². The maximum Gasteiger partial charge on any atom is 0.269 e. The van der Waals surface area contributed by atoms with E-state index in [0.717, 1.165) is 4.31 Å². The molecule has 0 saturated heterocycles. The van der Waals surface area contributed by atoms with Crippen LogP contribution in [0.25, 0.3) is 0 Å². The molecule has 0 aliphatic carbocycles. The average Bonchev–Trinajstić information content (AvgIpc) is 2.55. The molecule has 20 heavy (non-hydrogen) atoms. The molecule has 2 N–H and O–H groups in total. The van der Waals surface area contributed by atoms with Crippen LogP contribution in [0.4, 0.5) is 5.69 Å². The summed E-state index contributed by atoms with van der Waals surface area (Å²) in [7, 11) is -2.22. The fraction of sp³-hybridized carbons (Fsp3) is 0.462. The summed E-state index contributed by atoms with van der Waals surface area (Å²) in [6.45, 7) is 3.76. The van der Waals surface area contributed by atoms with Gasteiger partial charge >= 0.3 is 0 Å². The van der Waals surface area contributed by atoms with E-state index in [0.29, 0.717) is 12.1 Å². The molecule has 1 aromatic carbocycles. The Morgan fingerprint density at radius 3 is 2.60 bits per heavy atom. The topological polar surface area (TPSA) is 89.7 Å². The molecule has 1 aliphatic heterocycles. The fourth-order valence-electron chi connectivity index (χ4n) is 2.00. The molecular formula is C13H18N2O4S. The Labute approximate surface area is 118 Å². The van der Waals surface area contributed by atoms with E-state index in [2.05, 4.69) is 0 Å². The van der Waals surface area contributed by atoms with Crippen LogP contribution < -0.4 is 5.73 Å². The van der Waals surface area contributed by atoms with E-state index in [-0.39, 0.29) is 17.0 Å². The molecule has 0 fully saturated rings. The van der Waals surface area contributed by atoms with Gasteiger partial charge in [0.15, 0.2) is 0 Å². The summed E-state index contributed by atoms with van der Waals surface area (Å²) in [6, 6.07) is 4.25. The van der Waals surface area contributed by atoms with E-state index in [4.69, 9.17) is 10.5 Å². The molecule has 0 bridgehead atoms. The first-order valence-corrected chi connectivity index (χ1v) is 7.65. The molecule has 1 heterocycles. The van der Waals surface area contributed by atoms with Crippen molar-refractivity contribution in [2.24, 2.45) is 0 Å². The second kappa shape index (κ2) is 4.75. The number of methoxy groups -OCH3 is 1. The van der Waals surface area contributed by atoms with Gasteiger partial charge in [0, 0.05) is 19.3 Å². The number of benzene rings is 1. The number of carbonyl (C=O) groups excluding carboxylic acids is 1. The van der Waals surface area contributed by atoms with Crippen LogP contribution in [0, 0.1) is 0 Å². The van der Waals surface area contributed by atoms with Crippen molar-refractivity contribution in [1.29, 1.82) is 0 Å². The maximum atomic E-state index is 12.3. The molecule has 6 nitrogen and oxygen atoms in total. The van der Waals surface area contributed by atoms with E-state index >= 15 is 0 Å². The minimum absolute atomic E-state index is 0.0203. The molecule has 0 aromatic heterocycles. The lowest BCUT2D eigenvalue weighted by molar-refractivity contribution is 0.0125. The summed E-state index contributed by atoms with van der Waals surface area (Å²) < 4.78 is 30.8. The first-order valence-electron chi connectivity index (χ1n) is 6.21. The highest BCUT2D eigenvalue weighted by Crippen LogP contribution is 2.32. The van der Waals surface area contributed by atoms with Gasteiger partial charge in [0.25, 0.3) is 15.9 Å². The van der Waals surface area contributed by atoms with Gasteiger partial charge in [-0.15, -0.1) is 0 Å². The van der Waals surface area contributed by atoms with Gasteiger partial charge in [-0.25, -0.2) is 12.7 Å². The summed E-state index contributed by atoms with van der Waals surface area (Å²) in [5.41, 5.74) is 5.62. The molecule has 0 atom stereocenters. The number of nitrogens with two attached hydrogens (primary N) is 1. The molecule has 1 amide bonds. The van der Waals surface area contributed by atoms with Crippen LogP contribution in [0.15, 0.2) is 23.1 Å². The van der Waals surface area contributed by atoms with Crippen LogP contribution in [-0.4, -0.2) is 37.9 Å². The Bertz CT molecular complexity index is 652. The smallest absolute Gasteiger partial charge is 0.269 e. The van der Waals surface area contributed by atoms with E-state index in [9.17, 15) is 13.2 Å². The van der Waals surface area contributed by atoms with Crippen molar-refractivity contribution in [2.45, 2.75) is 30.8 Å². The number of sulfonamides is 1. The normalized spacial score (nSPS) is 17.4. The zero-order valence-corrected chi connectivity index (χ0v) is 12.5. The van der Waals surface area contributed by atoms with Gasteiger partial charge in [-0.05, 0) is 38.5 Å². The highest BCUT2D eigenvalue weighted by Gasteiger charge is 2.41. The number of nitrogens with zero attached hydrogens (tertiary/aromatic N) is 1. The molecular weight excluding hydrogens is 280 g/mol. The third-order valence-corrected chi connectivity index (χ3v) is 5.34. The highest BCUT2D eigenvalue weighted by atomic mass is 32.2. The molecule has 7 heteroatoms. The highest BCUT2D eigenvalue weighted by molar-refractivity contribution is 7.90. The number of anilines is 1. The third-order valence-electron chi connectivity index (χ3n) is 3.50. The first kappa shape index (κ1) is 14.8. The Kier molecular flexibility index (Phi) is 3.51. The molecule has 2 rings (SSSR count). The standard InChI is InChI=1S/C13H18N2O4S/c1-13(2,19-3)6-7-15-12(16)10-8-9(14)4-5-11(10)20(15,17)18/h4-5,8H,6-7,14H2,1-3H3. The Balaban J connectivity index is 2.33. The lowest BCUT2D eigenvalue weighted by atomic mass is 10.1. The number of nitrogen functional groups attached to an aromatic ring is 1. The van der Waals surface area contributed by atoms with Gasteiger partial charge < -0.3 is 10.5 Å². The van der Waals surface area contributed by atoms with Crippen LogP contribution in [0.3, 0.4) is 0 Å². The number of amides is 1. The number of hydrogen-bond acceptors (Lipinski definition) is 5. The fourth-order valence-corrected chi connectivity index (χ4v) is 3.55. The van der Waals surface area contributed by atoms with Gasteiger partial charge in [-0.2, -0.15) is 0 Å². The molecule has 0 unspecified atom stereocenters. The molecule has 0 radical (unpaired) electrons. The second-order valence-corrected chi connectivity index (χ2v) is 7.18. The summed E-state index contributed by atoms with van der Waals surface area (Å²) in [4.78, 5) is 12.2. The Hall–Kier alpha value is -1.60. The van der Waals surface area contributed by atoms with Crippen LogP contribution >= 0.6 is 0 Å². The minimum atomic E-state index is -3.77. The molecule has 1 aromatic rings. The van der Waals surface area contributed by atoms with E-state index in [1.165, 1.54) is 18.2 Å². The minimum Gasteiger partial charge on any atom is -0.399 e. The van der Waals surface area contributed by atoms with Crippen LogP contribution in [-0.2, 0) is 14.8 Å². The zero-order chi connectivity index (χ0) is 15.1. The van der Waals surface area contributed by atoms with Crippen molar-refractivity contribution in [2.75, 3.05) is 19.4 Å². The monoisotopic (exact) mass is 298 g/mol. The van der Waals surface area contributed by atoms with Gasteiger partial charge in [0.1, 0.15) is 4.90 Å². The molecule has 0 saturated carbocycles. The quantitative estimate of drug-likeness (QED) is 0.844. The third kappa shape index (κ3) is 2.38. The van der Waals surface area contributed by atoms with Crippen molar-refractivity contribution < 1.29 is 17.9 Å². The van der Waals surface area contributed by atoms with Crippen molar-refractivity contribution in [3.63, 3.8) is 0 Å². The second-order valence-electron chi connectivity index (χ2n) is 5.35. The molecule has 1 aliphatic rings. The SMILES string of the molecule is COC(C)(C)CCN1C(=O)c2cc(N)ccc2S1(=O)=O. The predicted octanol–water partition coefficient (Wildman–Crippen LogP) is 1.23. The van der Waals surface area contributed by atoms with Gasteiger partial charge in [-0.3, -0.25) is 4.79 Å². The number of hydrogen-bond donors (Lipinski definition) is 1. The zero-order valence-electron chi connectivity index (χ0n) is 11.7. The first-order chi connectivity index (χ1) is 9.19. The summed E-state index contributed by atoms with van der Waals surface area (Å²) in [5, 5.41) is 0. The van der Waals surface area contributed by atoms with Crippen LogP contribution in [0.1, 0.15) is 30.6 Å². The van der Waals surface area contributed by atoms with E-state index in [1.807, 2.05) is 13.8 Å². The lowest BCUT2D eigenvalue weighted by Crippen LogP contribution is -2.35.